The predicted molar refractivity (Wildman–Crippen MR) is 129 cm³/mol. The first kappa shape index (κ1) is 22.4. The maximum atomic E-state index is 12.2. The van der Waals surface area contributed by atoms with Crippen molar-refractivity contribution in [1.29, 1.82) is 0 Å². The van der Waals surface area contributed by atoms with Gasteiger partial charge in [0.05, 0.1) is 22.3 Å². The third-order valence-corrected chi connectivity index (χ3v) is 5.62. The van der Waals surface area contributed by atoms with Gasteiger partial charge in [0.25, 0.3) is 5.91 Å². The van der Waals surface area contributed by atoms with Crippen LogP contribution in [-0.4, -0.2) is 49.5 Å². The first-order valence-corrected chi connectivity index (χ1v) is 10.8. The number of aromatic hydroxyl groups is 1. The Hall–Kier alpha value is -3.79. The fraction of sp³-hybridized carbons (Fsp3) is 0.217. The summed E-state index contributed by atoms with van der Waals surface area (Å²) in [6, 6.07) is 9.27. The largest absolute Gasteiger partial charge is 0.493 e. The molecule has 0 saturated carbocycles. The summed E-state index contributed by atoms with van der Waals surface area (Å²) in [5.74, 6) is 0.741. The molecule has 9 nitrogen and oxygen atoms in total. The lowest BCUT2D eigenvalue weighted by Crippen LogP contribution is -2.18. The number of amides is 1. The molecule has 0 aliphatic carbocycles. The second-order valence-electron chi connectivity index (χ2n) is 7.54. The Balaban J connectivity index is 1.58. The molecule has 0 radical (unpaired) electrons. The minimum Gasteiger partial charge on any atom is -0.493 e. The number of carbonyl (C=O) groups excluding carboxylic acids is 1. The molecule has 0 aliphatic rings. The molecule has 1 amide bonds. The van der Waals surface area contributed by atoms with Crippen molar-refractivity contribution in [3.63, 3.8) is 0 Å². The van der Waals surface area contributed by atoms with Crippen LogP contribution in [0.2, 0.25) is 0 Å². The molecule has 1 atom stereocenters. The molecule has 33 heavy (non-hydrogen) atoms. The second kappa shape index (κ2) is 9.37. The van der Waals surface area contributed by atoms with Crippen molar-refractivity contribution in [2.75, 3.05) is 18.9 Å². The molecular weight excluding hydrogens is 438 g/mol. The minimum atomic E-state index is -0.181. The van der Waals surface area contributed by atoms with Crippen LogP contribution in [0.25, 0.3) is 22.2 Å². The lowest BCUT2D eigenvalue weighted by Gasteiger charge is -2.16. The highest BCUT2D eigenvalue weighted by Crippen LogP contribution is 2.32. The molecule has 4 rings (SSSR count). The Bertz CT molecular complexity index is 1320. The molecule has 0 spiro atoms. The van der Waals surface area contributed by atoms with Crippen LogP contribution in [0.4, 0.5) is 5.82 Å². The van der Waals surface area contributed by atoms with Crippen molar-refractivity contribution >= 4 is 35.3 Å². The average molecular weight is 462 g/mol. The zero-order chi connectivity index (χ0) is 23.5. The van der Waals surface area contributed by atoms with Crippen molar-refractivity contribution in [2.45, 2.75) is 24.8 Å². The first-order valence-electron chi connectivity index (χ1n) is 10.3. The number of aromatic nitrogens is 5. The van der Waals surface area contributed by atoms with E-state index in [1.807, 2.05) is 18.2 Å². The predicted octanol–water partition coefficient (Wildman–Crippen LogP) is 3.36. The third kappa shape index (κ3) is 4.56. The summed E-state index contributed by atoms with van der Waals surface area (Å²) in [4.78, 5) is 33.5. The Morgan fingerprint density at radius 2 is 2.00 bits per heavy atom. The Morgan fingerprint density at radius 3 is 2.76 bits per heavy atom. The summed E-state index contributed by atoms with van der Waals surface area (Å²) in [5, 5.41) is 17.4. The van der Waals surface area contributed by atoms with Crippen LogP contribution >= 0.6 is 12.6 Å². The fourth-order valence-electron chi connectivity index (χ4n) is 3.66. The van der Waals surface area contributed by atoms with Crippen LogP contribution < -0.4 is 10.6 Å². The molecule has 1 aromatic carbocycles. The van der Waals surface area contributed by atoms with Gasteiger partial charge in [0.1, 0.15) is 23.0 Å². The number of rotatable bonds is 6. The quantitative estimate of drug-likeness (QED) is 0.254. The summed E-state index contributed by atoms with van der Waals surface area (Å²) >= 11 is 4.35. The molecule has 0 saturated heterocycles. The lowest BCUT2D eigenvalue weighted by atomic mass is 9.96. The molecule has 3 aromatic heterocycles. The molecule has 0 bridgehead atoms. The smallest absolute Gasteiger partial charge is 0.251 e. The molecule has 0 fully saturated rings. The van der Waals surface area contributed by atoms with E-state index < -0.39 is 0 Å². The van der Waals surface area contributed by atoms with Gasteiger partial charge in [0, 0.05) is 37.2 Å². The van der Waals surface area contributed by atoms with E-state index in [1.54, 1.807) is 32.3 Å². The first-order chi connectivity index (χ1) is 15.9. The third-order valence-electron chi connectivity index (χ3n) is 5.30. The van der Waals surface area contributed by atoms with Crippen molar-refractivity contribution < 1.29 is 9.90 Å². The van der Waals surface area contributed by atoms with E-state index in [-0.39, 0.29) is 17.7 Å². The van der Waals surface area contributed by atoms with E-state index in [1.165, 1.54) is 6.33 Å². The van der Waals surface area contributed by atoms with E-state index in [2.05, 4.69) is 55.1 Å². The highest BCUT2D eigenvalue weighted by atomic mass is 32.1. The van der Waals surface area contributed by atoms with Gasteiger partial charge in [-0.1, -0.05) is 25.1 Å². The monoisotopic (exact) mass is 461 g/mol. The Kier molecular flexibility index (Phi) is 6.36. The number of aryl methyl sites for hydroxylation is 1. The van der Waals surface area contributed by atoms with Gasteiger partial charge in [-0.2, -0.15) is 4.98 Å². The summed E-state index contributed by atoms with van der Waals surface area (Å²) in [7, 11) is 1.61. The molecule has 10 heteroatoms. The van der Waals surface area contributed by atoms with E-state index in [4.69, 9.17) is 0 Å². The van der Waals surface area contributed by atoms with Crippen LogP contribution in [0.15, 0.2) is 47.9 Å². The SMILES string of the molecule is CNC(=O)c1ccnc2c([C@H](C)CNc3cc(-c4c(O)nc(C)nc4S)ncn3)cccc12. The van der Waals surface area contributed by atoms with E-state index >= 15 is 0 Å². The normalized spacial score (nSPS) is 11.9. The number of hydrogen-bond acceptors (Lipinski definition) is 9. The number of fused-ring (bicyclic) bond motifs is 1. The number of benzene rings is 1. The summed E-state index contributed by atoms with van der Waals surface area (Å²) in [5.41, 5.74) is 3.21. The number of nitrogens with zero attached hydrogens (tertiary/aromatic N) is 5. The van der Waals surface area contributed by atoms with Gasteiger partial charge < -0.3 is 15.7 Å². The van der Waals surface area contributed by atoms with Gasteiger partial charge in [0.2, 0.25) is 5.88 Å². The van der Waals surface area contributed by atoms with Gasteiger partial charge in [-0.25, -0.2) is 15.0 Å². The second-order valence-corrected chi connectivity index (χ2v) is 7.97. The number of para-hydroxylation sites is 1. The molecule has 0 aliphatic heterocycles. The summed E-state index contributed by atoms with van der Waals surface area (Å²) in [6.07, 6.45) is 3.06. The number of nitrogens with one attached hydrogen (secondary N) is 2. The zero-order valence-corrected chi connectivity index (χ0v) is 19.3. The maximum Gasteiger partial charge on any atom is 0.251 e. The minimum absolute atomic E-state index is 0.0658. The van der Waals surface area contributed by atoms with Crippen LogP contribution in [0.1, 0.15) is 34.6 Å². The van der Waals surface area contributed by atoms with Gasteiger partial charge in [-0.15, -0.1) is 12.6 Å². The van der Waals surface area contributed by atoms with E-state index in [9.17, 15) is 9.90 Å². The van der Waals surface area contributed by atoms with Gasteiger partial charge in [-0.3, -0.25) is 9.78 Å². The number of pyridine rings is 1. The van der Waals surface area contributed by atoms with Gasteiger partial charge in [0.15, 0.2) is 0 Å². The highest BCUT2D eigenvalue weighted by Gasteiger charge is 2.17. The Labute approximate surface area is 196 Å². The van der Waals surface area contributed by atoms with Gasteiger partial charge >= 0.3 is 0 Å². The van der Waals surface area contributed by atoms with Gasteiger partial charge in [-0.05, 0) is 18.6 Å². The number of anilines is 1. The van der Waals surface area contributed by atoms with Crippen LogP contribution in [-0.2, 0) is 0 Å². The number of carbonyl (C=O) groups is 1. The van der Waals surface area contributed by atoms with Crippen LogP contribution in [0, 0.1) is 6.92 Å². The fourth-order valence-corrected chi connectivity index (χ4v) is 4.02. The maximum absolute atomic E-state index is 12.2. The molecule has 0 unspecified atom stereocenters. The van der Waals surface area contributed by atoms with E-state index in [0.29, 0.717) is 40.0 Å². The topological polar surface area (TPSA) is 126 Å². The van der Waals surface area contributed by atoms with Crippen molar-refractivity contribution in [2.24, 2.45) is 0 Å². The number of thiol groups is 1. The van der Waals surface area contributed by atoms with Crippen LogP contribution in [0.5, 0.6) is 5.88 Å². The zero-order valence-electron chi connectivity index (χ0n) is 18.4. The summed E-state index contributed by atoms with van der Waals surface area (Å²) < 4.78 is 0. The van der Waals surface area contributed by atoms with Crippen LogP contribution in [0.3, 0.4) is 0 Å². The van der Waals surface area contributed by atoms with Crippen molar-refractivity contribution in [3.05, 3.63) is 59.8 Å². The molecule has 4 aromatic rings. The Morgan fingerprint density at radius 1 is 1.18 bits per heavy atom. The summed E-state index contributed by atoms with van der Waals surface area (Å²) in [6.45, 7) is 4.31. The molecular formula is C23H23N7O2S. The number of hydrogen-bond donors (Lipinski definition) is 4. The lowest BCUT2D eigenvalue weighted by molar-refractivity contribution is 0.0964. The molecule has 3 N–H and O–H groups in total. The highest BCUT2D eigenvalue weighted by molar-refractivity contribution is 7.80. The van der Waals surface area contributed by atoms with Crippen molar-refractivity contribution in [3.8, 4) is 17.1 Å². The van der Waals surface area contributed by atoms with E-state index in [0.717, 1.165) is 16.5 Å². The molecule has 168 valence electrons. The average Bonchev–Trinajstić information content (AvgIpc) is 2.81. The molecule has 3 heterocycles. The standard InChI is InChI=1S/C23H23N7O2S/c1-12(14-5-4-6-15-16(21(31)24-3)7-8-25-20(14)15)10-26-18-9-17(27-11-28-18)19-22(32)29-13(2)30-23(19)33/h4-9,11-12H,10H2,1-3H3,(H,24,31)(H,26,27,28)(H2,29,30,32,33)/t12-/m1/s1. The van der Waals surface area contributed by atoms with Crippen molar-refractivity contribution in [1.82, 2.24) is 30.2 Å².